The maximum absolute atomic E-state index is 13.1. The molecule has 1 N–H and O–H groups in total. The maximum Gasteiger partial charge on any atom is 0.250 e. The normalized spacial score (nSPS) is 21.7. The number of hydrogen-bond acceptors (Lipinski definition) is 3. The van der Waals surface area contributed by atoms with Crippen molar-refractivity contribution in [1.82, 2.24) is 0 Å². The Hall–Kier alpha value is -1.49. The molecule has 2 amide bonds. The minimum absolute atomic E-state index is 0.0224. The van der Waals surface area contributed by atoms with E-state index in [4.69, 9.17) is 0 Å². The van der Waals surface area contributed by atoms with Gasteiger partial charge in [0.15, 0.2) is 0 Å². The number of nitrogens with zero attached hydrogens (tertiary/aromatic N) is 1. The van der Waals surface area contributed by atoms with Crippen LogP contribution in [0.25, 0.3) is 0 Å². The van der Waals surface area contributed by atoms with E-state index in [-0.39, 0.29) is 17.1 Å². The lowest BCUT2D eigenvalue weighted by Gasteiger charge is -2.43. The molecule has 0 unspecified atom stereocenters. The Morgan fingerprint density at radius 3 is 2.65 bits per heavy atom. The van der Waals surface area contributed by atoms with Crippen LogP contribution in [-0.4, -0.2) is 27.9 Å². The average molecular weight is 332 g/mol. The van der Waals surface area contributed by atoms with E-state index in [9.17, 15) is 9.59 Å². The molecule has 1 aliphatic heterocycles. The predicted molar refractivity (Wildman–Crippen MR) is 95.9 cm³/mol. The van der Waals surface area contributed by atoms with Gasteiger partial charge in [-0.2, -0.15) is 0 Å². The largest absolute Gasteiger partial charge is 0.322 e. The van der Waals surface area contributed by atoms with Crippen molar-refractivity contribution in [2.75, 3.05) is 10.2 Å². The Balaban J connectivity index is 1.88. The van der Waals surface area contributed by atoms with E-state index in [1.165, 1.54) is 25.7 Å². The van der Waals surface area contributed by atoms with Gasteiger partial charge in [-0.3, -0.25) is 14.5 Å². The molecule has 4 nitrogen and oxygen atoms in total. The number of benzene rings is 1. The smallest absolute Gasteiger partial charge is 0.250 e. The quantitative estimate of drug-likeness (QED) is 0.915. The zero-order valence-electron chi connectivity index (χ0n) is 14.0. The molecule has 1 aromatic carbocycles. The zero-order valence-corrected chi connectivity index (χ0v) is 14.8. The Morgan fingerprint density at radius 2 is 1.96 bits per heavy atom. The van der Waals surface area contributed by atoms with E-state index in [1.54, 1.807) is 16.7 Å². The van der Waals surface area contributed by atoms with Crippen molar-refractivity contribution in [1.29, 1.82) is 0 Å². The van der Waals surface area contributed by atoms with Gasteiger partial charge in [0.1, 0.15) is 5.54 Å². The number of nitrogens with one attached hydrogen (secondary N) is 1. The highest BCUT2D eigenvalue weighted by Gasteiger charge is 2.45. The van der Waals surface area contributed by atoms with E-state index in [0.717, 1.165) is 5.69 Å². The van der Waals surface area contributed by atoms with Gasteiger partial charge in [-0.15, -0.1) is 11.8 Å². The first kappa shape index (κ1) is 16.4. The number of hydrogen-bond donors (Lipinski definition) is 1. The minimum Gasteiger partial charge on any atom is -0.322 e. The molecule has 3 rings (SSSR count). The van der Waals surface area contributed by atoms with Crippen LogP contribution in [0, 0.1) is 0 Å². The van der Waals surface area contributed by atoms with Crippen molar-refractivity contribution in [3.63, 3.8) is 0 Å². The molecule has 0 bridgehead atoms. The third-order valence-electron chi connectivity index (χ3n) is 4.77. The van der Waals surface area contributed by atoms with Gasteiger partial charge in [-0.1, -0.05) is 25.0 Å². The van der Waals surface area contributed by atoms with E-state index in [1.807, 2.05) is 45.0 Å². The van der Waals surface area contributed by atoms with E-state index in [0.29, 0.717) is 10.9 Å². The highest BCUT2D eigenvalue weighted by molar-refractivity contribution is 8.01. The summed E-state index contributed by atoms with van der Waals surface area (Å²) in [6.45, 7) is 5.59. The molecule has 0 saturated heterocycles. The summed E-state index contributed by atoms with van der Waals surface area (Å²) in [5.74, 6) is -0.114. The molecule has 0 spiro atoms. The highest BCUT2D eigenvalue weighted by Crippen LogP contribution is 2.39. The second-order valence-corrected chi connectivity index (χ2v) is 8.53. The van der Waals surface area contributed by atoms with Gasteiger partial charge in [0.25, 0.3) is 0 Å². The molecular weight excluding hydrogens is 308 g/mol. The van der Waals surface area contributed by atoms with Crippen molar-refractivity contribution >= 4 is 35.0 Å². The third-order valence-corrected chi connectivity index (χ3v) is 6.24. The van der Waals surface area contributed by atoms with Crippen LogP contribution in [0.2, 0.25) is 0 Å². The Kier molecular flexibility index (Phi) is 4.41. The number of amides is 2. The molecule has 124 valence electrons. The topological polar surface area (TPSA) is 49.4 Å². The van der Waals surface area contributed by atoms with Crippen molar-refractivity contribution < 1.29 is 9.59 Å². The fourth-order valence-corrected chi connectivity index (χ4v) is 4.80. The van der Waals surface area contributed by atoms with Gasteiger partial charge in [-0.25, -0.2) is 0 Å². The summed E-state index contributed by atoms with van der Waals surface area (Å²) in [4.78, 5) is 27.3. The first-order valence-corrected chi connectivity index (χ1v) is 9.25. The van der Waals surface area contributed by atoms with Gasteiger partial charge in [-0.05, 0) is 45.7 Å². The summed E-state index contributed by atoms with van der Waals surface area (Å²) in [6, 6.07) is 7.52. The number of para-hydroxylation sites is 2. The van der Waals surface area contributed by atoms with Crippen LogP contribution >= 0.6 is 11.8 Å². The highest BCUT2D eigenvalue weighted by atomic mass is 32.2. The monoisotopic (exact) mass is 332 g/mol. The van der Waals surface area contributed by atoms with E-state index >= 15 is 0 Å². The van der Waals surface area contributed by atoms with Crippen LogP contribution < -0.4 is 10.2 Å². The van der Waals surface area contributed by atoms with Gasteiger partial charge < -0.3 is 5.32 Å². The van der Waals surface area contributed by atoms with Gasteiger partial charge in [0.2, 0.25) is 11.8 Å². The summed E-state index contributed by atoms with van der Waals surface area (Å²) in [6.07, 6.45) is 4.92. The average Bonchev–Trinajstić information content (AvgIpc) is 3.00. The molecule has 1 aliphatic carbocycles. The molecule has 23 heavy (non-hydrogen) atoms. The maximum atomic E-state index is 13.1. The SMILES string of the molecule is C[C@H](SC1CCCC1)C(=O)N1c2ccccc2NC(=O)C1(C)C. The van der Waals surface area contributed by atoms with Gasteiger partial charge >= 0.3 is 0 Å². The fraction of sp³-hybridized carbons (Fsp3) is 0.556. The molecule has 5 heteroatoms. The third kappa shape index (κ3) is 2.99. The summed E-state index contributed by atoms with van der Waals surface area (Å²) in [5, 5.41) is 3.34. The second kappa shape index (κ2) is 6.19. The molecule has 1 fully saturated rings. The second-order valence-electron chi connectivity index (χ2n) is 6.89. The number of rotatable bonds is 3. The Morgan fingerprint density at radius 1 is 1.30 bits per heavy atom. The number of carbonyl (C=O) groups excluding carboxylic acids is 2. The number of carbonyl (C=O) groups is 2. The minimum atomic E-state index is -0.879. The lowest BCUT2D eigenvalue weighted by molar-refractivity contribution is -0.126. The van der Waals surface area contributed by atoms with E-state index < -0.39 is 5.54 Å². The van der Waals surface area contributed by atoms with Crippen molar-refractivity contribution in [3.8, 4) is 0 Å². The fourth-order valence-electron chi connectivity index (χ4n) is 3.40. The van der Waals surface area contributed by atoms with Crippen LogP contribution in [0.1, 0.15) is 46.5 Å². The van der Waals surface area contributed by atoms with E-state index in [2.05, 4.69) is 5.32 Å². The van der Waals surface area contributed by atoms with Crippen molar-refractivity contribution in [2.45, 2.75) is 62.5 Å². The van der Waals surface area contributed by atoms with Gasteiger partial charge in [0.05, 0.1) is 16.6 Å². The van der Waals surface area contributed by atoms with Crippen molar-refractivity contribution in [3.05, 3.63) is 24.3 Å². The van der Waals surface area contributed by atoms with Gasteiger partial charge in [0, 0.05) is 5.25 Å². The van der Waals surface area contributed by atoms with Crippen molar-refractivity contribution in [2.24, 2.45) is 0 Å². The van der Waals surface area contributed by atoms with Crippen LogP contribution in [0.5, 0.6) is 0 Å². The molecule has 0 aromatic heterocycles. The molecule has 0 radical (unpaired) electrons. The molecule has 1 heterocycles. The lowest BCUT2D eigenvalue weighted by atomic mass is 9.96. The van der Waals surface area contributed by atoms with Crippen LogP contribution in [0.15, 0.2) is 24.3 Å². The standard InChI is InChI=1S/C18H24N2O2S/c1-12(23-13-8-4-5-9-13)16(21)20-15-11-7-6-10-14(15)19-17(22)18(20,2)3/h6-7,10-13H,4-5,8-9H2,1-3H3,(H,19,22)/t12-/m0/s1. The van der Waals surface area contributed by atoms with Crippen LogP contribution in [-0.2, 0) is 9.59 Å². The zero-order chi connectivity index (χ0) is 16.6. The Bertz CT molecular complexity index is 623. The number of anilines is 2. The Labute approximate surface area is 142 Å². The number of thioether (sulfide) groups is 1. The molecule has 1 aromatic rings. The summed E-state index contributed by atoms with van der Waals surface area (Å²) < 4.78 is 0. The summed E-state index contributed by atoms with van der Waals surface area (Å²) in [5.41, 5.74) is 0.625. The molecular formula is C18H24N2O2S. The number of fused-ring (bicyclic) bond motifs is 1. The van der Waals surface area contributed by atoms with Crippen LogP contribution in [0.3, 0.4) is 0 Å². The summed E-state index contributed by atoms with van der Waals surface area (Å²) >= 11 is 1.76. The lowest BCUT2D eigenvalue weighted by Crippen LogP contribution is -2.60. The van der Waals surface area contributed by atoms with Crippen LogP contribution in [0.4, 0.5) is 11.4 Å². The molecule has 2 aliphatic rings. The first-order valence-electron chi connectivity index (χ1n) is 8.31. The molecule has 1 saturated carbocycles. The first-order chi connectivity index (χ1) is 10.9. The predicted octanol–water partition coefficient (Wildman–Crippen LogP) is 3.81. The molecule has 1 atom stereocenters. The summed E-state index contributed by atoms with van der Waals surface area (Å²) in [7, 11) is 0.